The first-order chi connectivity index (χ1) is 14.9. The van der Waals surface area contributed by atoms with E-state index in [0.717, 1.165) is 5.56 Å². The van der Waals surface area contributed by atoms with Crippen molar-refractivity contribution in [1.82, 2.24) is 9.97 Å². The van der Waals surface area contributed by atoms with Crippen LogP contribution in [0.15, 0.2) is 54.3 Å². The van der Waals surface area contributed by atoms with Crippen LogP contribution in [0.2, 0.25) is 0 Å². The third-order valence-electron chi connectivity index (χ3n) is 4.56. The number of nitrogens with zero attached hydrogens (tertiary/aromatic N) is 1. The van der Waals surface area contributed by atoms with E-state index in [-0.39, 0.29) is 23.9 Å². The molecule has 0 radical (unpaired) electrons. The fourth-order valence-corrected chi connectivity index (χ4v) is 3.01. The molecule has 1 heterocycles. The summed E-state index contributed by atoms with van der Waals surface area (Å²) in [5.74, 6) is -1.06. The Hall–Kier alpha value is -3.81. The minimum atomic E-state index is -0.810. The minimum Gasteiger partial charge on any atom is -0.508 e. The molecule has 2 aromatic carbocycles. The number of aliphatic hydroxyl groups is 1. The van der Waals surface area contributed by atoms with E-state index in [2.05, 4.69) is 9.97 Å². The first kappa shape index (κ1) is 21.9. The highest BCUT2D eigenvalue weighted by molar-refractivity contribution is 6.16. The Morgan fingerprint density at radius 3 is 2.48 bits per heavy atom. The van der Waals surface area contributed by atoms with Crippen LogP contribution in [0.3, 0.4) is 0 Å². The molecule has 8 heteroatoms. The standard InChI is InChI=1S/C23H24N2O6/c1-14(2)15-8-4-7-11-19(15)30-13-20(27)31-12-18(26)21(23(28)29-3)22-24-16-9-5-6-10-17(16)25-22/h4-11,14,26H,12-13H2,1-3H3,(H,24,25)/b21-18+. The number of aliphatic hydroxyl groups excluding tert-OH is 1. The van der Waals surface area contributed by atoms with Crippen molar-refractivity contribution in [3.8, 4) is 5.75 Å². The zero-order valence-electron chi connectivity index (χ0n) is 17.5. The Bertz CT molecular complexity index is 1080. The lowest BCUT2D eigenvalue weighted by Crippen LogP contribution is -2.18. The van der Waals surface area contributed by atoms with Gasteiger partial charge in [-0.1, -0.05) is 44.2 Å². The molecule has 0 spiro atoms. The van der Waals surface area contributed by atoms with Crippen molar-refractivity contribution >= 4 is 28.5 Å². The van der Waals surface area contributed by atoms with E-state index in [4.69, 9.17) is 14.2 Å². The van der Waals surface area contributed by atoms with Gasteiger partial charge in [0.2, 0.25) is 0 Å². The van der Waals surface area contributed by atoms with E-state index in [1.807, 2.05) is 38.1 Å². The van der Waals surface area contributed by atoms with Gasteiger partial charge in [-0.05, 0) is 29.7 Å². The highest BCUT2D eigenvalue weighted by atomic mass is 16.6. The Kier molecular flexibility index (Phi) is 6.92. The third-order valence-corrected chi connectivity index (χ3v) is 4.56. The summed E-state index contributed by atoms with van der Waals surface area (Å²) >= 11 is 0. The number of fused-ring (bicyclic) bond motifs is 1. The molecule has 0 unspecified atom stereocenters. The summed E-state index contributed by atoms with van der Waals surface area (Å²) in [6, 6.07) is 14.6. The molecule has 0 fully saturated rings. The van der Waals surface area contributed by atoms with Crippen LogP contribution in [-0.4, -0.2) is 47.3 Å². The monoisotopic (exact) mass is 424 g/mol. The summed E-state index contributed by atoms with van der Waals surface area (Å²) in [6.07, 6.45) is 0. The van der Waals surface area contributed by atoms with Gasteiger partial charge in [-0.15, -0.1) is 0 Å². The Morgan fingerprint density at radius 1 is 1.06 bits per heavy atom. The number of aromatic amines is 1. The molecule has 3 aromatic rings. The quantitative estimate of drug-likeness (QED) is 0.322. The van der Waals surface area contributed by atoms with E-state index < -0.39 is 24.3 Å². The maximum atomic E-state index is 12.2. The average molecular weight is 424 g/mol. The summed E-state index contributed by atoms with van der Waals surface area (Å²) in [7, 11) is 1.18. The number of nitrogens with one attached hydrogen (secondary N) is 1. The normalized spacial score (nSPS) is 11.9. The lowest BCUT2D eigenvalue weighted by atomic mass is 10.0. The molecular formula is C23H24N2O6. The number of para-hydroxylation sites is 3. The third kappa shape index (κ3) is 5.22. The zero-order chi connectivity index (χ0) is 22.4. The van der Waals surface area contributed by atoms with Crippen molar-refractivity contribution in [3.05, 3.63) is 65.7 Å². The van der Waals surface area contributed by atoms with E-state index in [1.165, 1.54) is 7.11 Å². The summed E-state index contributed by atoms with van der Waals surface area (Å²) in [5.41, 5.74) is 2.05. The van der Waals surface area contributed by atoms with Gasteiger partial charge in [0.15, 0.2) is 6.61 Å². The second kappa shape index (κ2) is 9.80. The second-order valence-corrected chi connectivity index (χ2v) is 7.06. The maximum absolute atomic E-state index is 12.2. The first-order valence-electron chi connectivity index (χ1n) is 9.73. The van der Waals surface area contributed by atoms with Gasteiger partial charge in [0.05, 0.1) is 18.1 Å². The number of methoxy groups -OCH3 is 1. The van der Waals surface area contributed by atoms with Gasteiger partial charge in [0.25, 0.3) is 0 Å². The number of rotatable bonds is 8. The number of esters is 2. The molecule has 162 valence electrons. The lowest BCUT2D eigenvalue weighted by molar-refractivity contribution is -0.146. The largest absolute Gasteiger partial charge is 0.508 e. The number of H-pyrrole nitrogens is 1. The summed E-state index contributed by atoms with van der Waals surface area (Å²) in [6.45, 7) is 3.18. The zero-order valence-corrected chi connectivity index (χ0v) is 17.5. The van der Waals surface area contributed by atoms with Crippen molar-refractivity contribution in [3.63, 3.8) is 0 Å². The average Bonchev–Trinajstić information content (AvgIpc) is 3.19. The van der Waals surface area contributed by atoms with Gasteiger partial charge in [-0.3, -0.25) is 0 Å². The van der Waals surface area contributed by atoms with Crippen LogP contribution in [0.25, 0.3) is 16.6 Å². The van der Waals surface area contributed by atoms with Crippen LogP contribution in [0.5, 0.6) is 5.75 Å². The van der Waals surface area contributed by atoms with Crippen molar-refractivity contribution < 1.29 is 28.9 Å². The molecule has 3 rings (SSSR count). The van der Waals surface area contributed by atoms with Gasteiger partial charge < -0.3 is 24.3 Å². The van der Waals surface area contributed by atoms with Crippen LogP contribution in [0.4, 0.5) is 0 Å². The van der Waals surface area contributed by atoms with E-state index in [1.54, 1.807) is 24.3 Å². The number of hydrogen-bond donors (Lipinski definition) is 2. The van der Waals surface area contributed by atoms with Gasteiger partial charge in [-0.25, -0.2) is 14.6 Å². The highest BCUT2D eigenvalue weighted by Crippen LogP contribution is 2.26. The minimum absolute atomic E-state index is 0.115. The SMILES string of the molecule is COC(=O)/C(=C(/O)COC(=O)COc1ccccc1C(C)C)c1nc2ccccc2[nH]1. The van der Waals surface area contributed by atoms with Crippen LogP contribution >= 0.6 is 0 Å². The molecule has 0 aliphatic rings. The number of imidazole rings is 1. The smallest absolute Gasteiger partial charge is 0.345 e. The van der Waals surface area contributed by atoms with Crippen molar-refractivity contribution in [2.45, 2.75) is 19.8 Å². The Labute approximate surface area is 179 Å². The molecule has 1 aromatic heterocycles. The van der Waals surface area contributed by atoms with Crippen LogP contribution < -0.4 is 4.74 Å². The fourth-order valence-electron chi connectivity index (χ4n) is 3.01. The molecule has 0 amide bonds. The maximum Gasteiger partial charge on any atom is 0.345 e. The number of ether oxygens (including phenoxy) is 3. The summed E-state index contributed by atoms with van der Waals surface area (Å²) < 4.78 is 15.4. The van der Waals surface area contributed by atoms with Gasteiger partial charge in [-0.2, -0.15) is 0 Å². The number of carbonyl (C=O) groups is 2. The molecule has 31 heavy (non-hydrogen) atoms. The molecule has 0 aliphatic heterocycles. The lowest BCUT2D eigenvalue weighted by Gasteiger charge is -2.13. The topological polar surface area (TPSA) is 111 Å². The van der Waals surface area contributed by atoms with Crippen LogP contribution in [0, 0.1) is 0 Å². The van der Waals surface area contributed by atoms with Gasteiger partial charge in [0, 0.05) is 0 Å². The molecule has 0 bridgehead atoms. The molecule has 0 aliphatic carbocycles. The number of hydrogen-bond acceptors (Lipinski definition) is 7. The predicted molar refractivity (Wildman–Crippen MR) is 115 cm³/mol. The number of benzene rings is 2. The first-order valence-corrected chi connectivity index (χ1v) is 9.73. The van der Waals surface area contributed by atoms with Crippen LogP contribution in [-0.2, 0) is 19.1 Å². The molecule has 0 saturated heterocycles. The van der Waals surface area contributed by atoms with Crippen molar-refractivity contribution in [1.29, 1.82) is 0 Å². The number of aromatic nitrogens is 2. The fraction of sp³-hybridized carbons (Fsp3) is 0.261. The highest BCUT2D eigenvalue weighted by Gasteiger charge is 2.23. The summed E-state index contributed by atoms with van der Waals surface area (Å²) in [4.78, 5) is 31.6. The second-order valence-electron chi connectivity index (χ2n) is 7.06. The van der Waals surface area contributed by atoms with E-state index in [9.17, 15) is 14.7 Å². The van der Waals surface area contributed by atoms with E-state index >= 15 is 0 Å². The summed E-state index contributed by atoms with van der Waals surface area (Å²) in [5, 5.41) is 10.4. The van der Waals surface area contributed by atoms with Crippen molar-refractivity contribution in [2.24, 2.45) is 0 Å². The Morgan fingerprint density at radius 2 is 1.77 bits per heavy atom. The van der Waals surface area contributed by atoms with E-state index in [0.29, 0.717) is 16.8 Å². The Balaban J connectivity index is 1.70. The number of carbonyl (C=O) groups excluding carboxylic acids is 2. The predicted octanol–water partition coefficient (Wildman–Crippen LogP) is 3.75. The molecule has 0 saturated carbocycles. The molecule has 8 nitrogen and oxygen atoms in total. The molecule has 0 atom stereocenters. The van der Waals surface area contributed by atoms with Gasteiger partial charge in [0.1, 0.15) is 29.5 Å². The molecule has 2 N–H and O–H groups in total. The molecular weight excluding hydrogens is 400 g/mol. The van der Waals surface area contributed by atoms with Crippen LogP contribution in [0.1, 0.15) is 31.2 Å². The van der Waals surface area contributed by atoms with Crippen molar-refractivity contribution in [2.75, 3.05) is 20.3 Å². The van der Waals surface area contributed by atoms with Gasteiger partial charge >= 0.3 is 11.9 Å².